The Hall–Kier alpha value is -0.870. The molecule has 0 unspecified atom stereocenters. The smallest absolute Gasteiger partial charge is 0.105 e. The number of aliphatic hydroxyl groups is 1. The van der Waals surface area contributed by atoms with E-state index in [9.17, 15) is 5.11 Å². The van der Waals surface area contributed by atoms with Gasteiger partial charge in [0.15, 0.2) is 0 Å². The third kappa shape index (κ3) is 2.44. The summed E-state index contributed by atoms with van der Waals surface area (Å²) in [5.41, 5.74) is -0.404. The van der Waals surface area contributed by atoms with Crippen LogP contribution in [0.4, 0.5) is 0 Å². The summed E-state index contributed by atoms with van der Waals surface area (Å²) in [6.07, 6.45) is 5.82. The van der Waals surface area contributed by atoms with E-state index in [1.54, 1.807) is 0 Å². The number of hydrogen-bond donors (Lipinski definition) is 1. The number of β-amino-alcohol motifs (C(OH)–C–C–N with tert-alkyl or cyclic N) is 1. The van der Waals surface area contributed by atoms with Crippen molar-refractivity contribution in [2.75, 3.05) is 19.6 Å². The minimum atomic E-state index is -0.404. The molecular weight excluding hydrogens is 202 g/mol. The second-order valence-electron chi connectivity index (χ2n) is 4.85. The van der Waals surface area contributed by atoms with Crippen molar-refractivity contribution in [1.29, 1.82) is 0 Å². The average molecular weight is 223 g/mol. The topological polar surface area (TPSA) is 41.3 Å². The predicted molar refractivity (Wildman–Crippen MR) is 63.3 cm³/mol. The summed E-state index contributed by atoms with van der Waals surface area (Å²) in [4.78, 5) is 6.49. The van der Waals surface area contributed by atoms with Gasteiger partial charge in [0.25, 0.3) is 0 Å². The van der Waals surface area contributed by atoms with E-state index in [4.69, 9.17) is 0 Å². The van der Waals surface area contributed by atoms with Crippen LogP contribution in [-0.4, -0.2) is 44.8 Å². The fourth-order valence-electron chi connectivity index (χ4n) is 2.46. The predicted octanol–water partition coefficient (Wildman–Crippen LogP) is 1.04. The molecule has 0 radical (unpaired) electrons. The largest absolute Gasteiger partial charge is 0.387 e. The van der Waals surface area contributed by atoms with Crippen molar-refractivity contribution in [1.82, 2.24) is 14.5 Å². The summed E-state index contributed by atoms with van der Waals surface area (Å²) in [6, 6.07) is 0. The molecule has 1 fully saturated rings. The Morgan fingerprint density at radius 3 is 2.75 bits per heavy atom. The highest BCUT2D eigenvalue weighted by atomic mass is 16.3. The van der Waals surface area contributed by atoms with Crippen molar-refractivity contribution in [3.8, 4) is 0 Å². The molecule has 0 spiro atoms. The van der Waals surface area contributed by atoms with Gasteiger partial charge >= 0.3 is 0 Å². The molecule has 0 aliphatic carbocycles. The van der Waals surface area contributed by atoms with Crippen molar-refractivity contribution in [2.45, 2.75) is 38.8 Å². The fourth-order valence-corrected chi connectivity index (χ4v) is 2.46. The van der Waals surface area contributed by atoms with Crippen LogP contribution in [0.5, 0.6) is 0 Å². The van der Waals surface area contributed by atoms with Crippen LogP contribution in [0.25, 0.3) is 0 Å². The molecule has 16 heavy (non-hydrogen) atoms. The van der Waals surface area contributed by atoms with Gasteiger partial charge in [-0.1, -0.05) is 13.3 Å². The first kappa shape index (κ1) is 11.6. The van der Waals surface area contributed by atoms with Crippen LogP contribution >= 0.6 is 0 Å². The van der Waals surface area contributed by atoms with Gasteiger partial charge in [-0.05, 0) is 13.3 Å². The normalized spacial score (nSPS) is 19.7. The summed E-state index contributed by atoms with van der Waals surface area (Å²) >= 11 is 0. The average Bonchev–Trinajstić information content (AvgIpc) is 2.58. The van der Waals surface area contributed by atoms with Crippen LogP contribution in [0, 0.1) is 6.92 Å². The molecular formula is C12H21N3O. The standard InChI is InChI=1S/C12H21N3O/c1-3-4-12(16)9-14(10-12)7-8-15-6-5-13-11(15)2/h5-6,16H,3-4,7-10H2,1-2H3. The number of aromatic nitrogens is 2. The Bertz CT molecular complexity index is 342. The monoisotopic (exact) mass is 223 g/mol. The molecule has 1 aromatic heterocycles. The first-order valence-corrected chi connectivity index (χ1v) is 6.05. The zero-order chi connectivity index (χ0) is 11.6. The first-order valence-electron chi connectivity index (χ1n) is 6.05. The first-order chi connectivity index (χ1) is 7.63. The molecule has 1 aromatic rings. The van der Waals surface area contributed by atoms with Gasteiger partial charge in [-0.15, -0.1) is 0 Å². The zero-order valence-corrected chi connectivity index (χ0v) is 10.2. The maximum Gasteiger partial charge on any atom is 0.105 e. The van der Waals surface area contributed by atoms with Gasteiger partial charge in [0.05, 0.1) is 5.60 Å². The number of imidazole rings is 1. The molecule has 0 atom stereocenters. The number of likely N-dealkylation sites (tertiary alicyclic amines) is 1. The summed E-state index contributed by atoms with van der Waals surface area (Å²) < 4.78 is 2.15. The van der Waals surface area contributed by atoms with Crippen molar-refractivity contribution in [2.24, 2.45) is 0 Å². The molecule has 2 heterocycles. The van der Waals surface area contributed by atoms with Crippen LogP contribution in [-0.2, 0) is 6.54 Å². The van der Waals surface area contributed by atoms with Crippen molar-refractivity contribution < 1.29 is 5.11 Å². The van der Waals surface area contributed by atoms with Crippen LogP contribution in [0.3, 0.4) is 0 Å². The number of aryl methyl sites for hydroxylation is 1. The molecule has 0 aromatic carbocycles. The lowest BCUT2D eigenvalue weighted by molar-refractivity contribution is -0.103. The van der Waals surface area contributed by atoms with Crippen LogP contribution in [0.15, 0.2) is 12.4 Å². The summed E-state index contributed by atoms with van der Waals surface area (Å²) in [5.74, 6) is 1.06. The highest BCUT2D eigenvalue weighted by molar-refractivity contribution is 4.95. The van der Waals surface area contributed by atoms with Gasteiger partial charge in [-0.25, -0.2) is 4.98 Å². The van der Waals surface area contributed by atoms with Gasteiger partial charge in [-0.2, -0.15) is 0 Å². The second kappa shape index (κ2) is 4.55. The van der Waals surface area contributed by atoms with Gasteiger partial charge in [0.1, 0.15) is 5.82 Å². The lowest BCUT2D eigenvalue weighted by Crippen LogP contribution is -2.62. The Balaban J connectivity index is 1.72. The van der Waals surface area contributed by atoms with Crippen LogP contribution in [0.1, 0.15) is 25.6 Å². The number of hydrogen-bond acceptors (Lipinski definition) is 3. The summed E-state index contributed by atoms with van der Waals surface area (Å²) in [5, 5.41) is 10.0. The van der Waals surface area contributed by atoms with Gasteiger partial charge in [0.2, 0.25) is 0 Å². The number of nitrogens with zero attached hydrogens (tertiary/aromatic N) is 3. The van der Waals surface area contributed by atoms with Crippen LogP contribution < -0.4 is 0 Å². The van der Waals surface area contributed by atoms with E-state index in [-0.39, 0.29) is 0 Å². The molecule has 2 rings (SSSR count). The summed E-state index contributed by atoms with van der Waals surface area (Å²) in [6.45, 7) is 7.76. The molecule has 0 amide bonds. The van der Waals surface area contributed by atoms with Gasteiger partial charge in [0, 0.05) is 38.6 Å². The van der Waals surface area contributed by atoms with Crippen LogP contribution in [0.2, 0.25) is 0 Å². The maximum absolute atomic E-state index is 10.0. The van der Waals surface area contributed by atoms with Crippen molar-refractivity contribution >= 4 is 0 Å². The van der Waals surface area contributed by atoms with E-state index in [1.807, 2.05) is 19.3 Å². The molecule has 4 heteroatoms. The van der Waals surface area contributed by atoms with E-state index in [0.29, 0.717) is 0 Å². The Labute approximate surface area is 96.9 Å². The number of rotatable bonds is 5. The van der Waals surface area contributed by atoms with Gasteiger partial charge in [-0.3, -0.25) is 4.90 Å². The fraction of sp³-hybridized carbons (Fsp3) is 0.750. The molecule has 4 nitrogen and oxygen atoms in total. The molecule has 0 saturated carbocycles. The van der Waals surface area contributed by atoms with Gasteiger partial charge < -0.3 is 9.67 Å². The van der Waals surface area contributed by atoms with E-state index < -0.39 is 5.60 Å². The maximum atomic E-state index is 10.0. The zero-order valence-electron chi connectivity index (χ0n) is 10.2. The minimum absolute atomic E-state index is 0.404. The highest BCUT2D eigenvalue weighted by Crippen LogP contribution is 2.25. The highest BCUT2D eigenvalue weighted by Gasteiger charge is 2.39. The molecule has 90 valence electrons. The van der Waals surface area contributed by atoms with E-state index >= 15 is 0 Å². The Morgan fingerprint density at radius 2 is 2.19 bits per heavy atom. The molecule has 1 saturated heterocycles. The lowest BCUT2D eigenvalue weighted by Gasteiger charge is -2.46. The SMILES string of the molecule is CCCC1(O)CN(CCn2ccnc2C)C1. The van der Waals surface area contributed by atoms with Crippen molar-refractivity contribution in [3.05, 3.63) is 18.2 Å². The minimum Gasteiger partial charge on any atom is -0.387 e. The van der Waals surface area contributed by atoms with E-state index in [2.05, 4.69) is 21.4 Å². The van der Waals surface area contributed by atoms with E-state index in [0.717, 1.165) is 44.8 Å². The molecule has 0 bridgehead atoms. The summed E-state index contributed by atoms with van der Waals surface area (Å²) in [7, 11) is 0. The third-order valence-corrected chi connectivity index (χ3v) is 3.33. The lowest BCUT2D eigenvalue weighted by atomic mass is 9.89. The molecule has 1 aliphatic heterocycles. The molecule has 1 N–H and O–H groups in total. The third-order valence-electron chi connectivity index (χ3n) is 3.33. The quantitative estimate of drug-likeness (QED) is 0.811. The molecule has 1 aliphatic rings. The Morgan fingerprint density at radius 1 is 1.44 bits per heavy atom. The van der Waals surface area contributed by atoms with E-state index in [1.165, 1.54) is 0 Å². The second-order valence-corrected chi connectivity index (χ2v) is 4.85. The Kier molecular flexibility index (Phi) is 3.30. The van der Waals surface area contributed by atoms with Crippen molar-refractivity contribution in [3.63, 3.8) is 0 Å².